The van der Waals surface area contributed by atoms with Crippen LogP contribution in [0.4, 0.5) is 0 Å². The van der Waals surface area contributed by atoms with Crippen molar-refractivity contribution >= 4 is 34.8 Å². The normalized spacial score (nSPS) is 19.2. The fourth-order valence-corrected chi connectivity index (χ4v) is 2.40. The number of hydrogen-bond donors (Lipinski definition) is 0. The molecule has 0 spiro atoms. The third-order valence-corrected chi connectivity index (χ3v) is 4.80. The Morgan fingerprint density at radius 3 is 2.41 bits per heavy atom. The van der Waals surface area contributed by atoms with E-state index in [2.05, 4.69) is 15.9 Å². The van der Waals surface area contributed by atoms with Gasteiger partial charge >= 0.3 is 7.12 Å². The summed E-state index contributed by atoms with van der Waals surface area (Å²) in [4.78, 5) is 11.3. The molecule has 1 aliphatic heterocycles. The maximum Gasteiger partial charge on any atom is 0.495 e. The number of ether oxygens (including phenoxy) is 1. The molecule has 0 radical (unpaired) electrons. The lowest BCUT2D eigenvalue weighted by Gasteiger charge is -2.32. The summed E-state index contributed by atoms with van der Waals surface area (Å²) in [5, 5.41) is 0.892. The van der Waals surface area contributed by atoms with Gasteiger partial charge in [-0.05, 0) is 57.8 Å². The number of alkyl halides is 1. The van der Waals surface area contributed by atoms with Crippen molar-refractivity contribution < 1.29 is 18.8 Å². The Bertz CT molecular complexity index is 529. The first-order valence-electron chi connectivity index (χ1n) is 7.44. The number of aldehydes is 1. The Balaban J connectivity index is 2.25. The van der Waals surface area contributed by atoms with Gasteiger partial charge in [0.25, 0.3) is 0 Å². The van der Waals surface area contributed by atoms with Gasteiger partial charge in [0, 0.05) is 10.9 Å². The van der Waals surface area contributed by atoms with Crippen molar-refractivity contribution in [3.05, 3.63) is 23.8 Å². The molecule has 1 aromatic rings. The zero-order valence-corrected chi connectivity index (χ0v) is 15.1. The van der Waals surface area contributed by atoms with Gasteiger partial charge in [-0.25, -0.2) is 0 Å². The molecule has 0 bridgehead atoms. The SMILES string of the molecule is CC1(C)OB(c2cc(OCCCBr)ccc2C=O)OC1(C)C. The minimum absolute atomic E-state index is 0.440. The van der Waals surface area contributed by atoms with Crippen molar-refractivity contribution in [3.63, 3.8) is 0 Å². The van der Waals surface area contributed by atoms with E-state index in [0.717, 1.165) is 23.8 Å². The van der Waals surface area contributed by atoms with Gasteiger partial charge in [-0.15, -0.1) is 0 Å². The summed E-state index contributed by atoms with van der Waals surface area (Å²) in [6.45, 7) is 8.58. The summed E-state index contributed by atoms with van der Waals surface area (Å²) in [5.41, 5.74) is 0.395. The van der Waals surface area contributed by atoms with Crippen LogP contribution in [0.2, 0.25) is 0 Å². The quantitative estimate of drug-likeness (QED) is 0.335. The highest BCUT2D eigenvalue weighted by molar-refractivity contribution is 9.09. The van der Waals surface area contributed by atoms with Crippen molar-refractivity contribution in [2.24, 2.45) is 0 Å². The predicted molar refractivity (Wildman–Crippen MR) is 91.5 cm³/mol. The summed E-state index contributed by atoms with van der Waals surface area (Å²) in [7, 11) is -0.565. The average molecular weight is 369 g/mol. The molecule has 1 fully saturated rings. The van der Waals surface area contributed by atoms with Crippen LogP contribution >= 0.6 is 15.9 Å². The topological polar surface area (TPSA) is 44.8 Å². The average Bonchev–Trinajstić information content (AvgIpc) is 2.67. The maximum absolute atomic E-state index is 11.3. The highest BCUT2D eigenvalue weighted by Gasteiger charge is 2.52. The van der Waals surface area contributed by atoms with E-state index in [1.54, 1.807) is 12.1 Å². The first-order valence-corrected chi connectivity index (χ1v) is 8.56. The first kappa shape index (κ1) is 17.5. The molecule has 2 rings (SSSR count). The molecule has 0 unspecified atom stereocenters. The fraction of sp³-hybridized carbons (Fsp3) is 0.562. The second kappa shape index (κ2) is 6.73. The van der Waals surface area contributed by atoms with Gasteiger partial charge in [0.1, 0.15) is 12.0 Å². The van der Waals surface area contributed by atoms with Crippen LogP contribution in [0, 0.1) is 0 Å². The van der Waals surface area contributed by atoms with Crippen molar-refractivity contribution in [1.29, 1.82) is 0 Å². The number of halogens is 1. The van der Waals surface area contributed by atoms with Crippen LogP contribution in [0.3, 0.4) is 0 Å². The smallest absolute Gasteiger partial charge is 0.494 e. The number of hydrogen-bond acceptors (Lipinski definition) is 4. The standard InChI is InChI=1S/C16H22BBrO4/c1-15(2)16(3,4)22-17(21-15)14-10-13(20-9-5-8-18)7-6-12(14)11-19/h6-7,10-11H,5,8-9H2,1-4H3. The van der Waals surface area contributed by atoms with Gasteiger partial charge in [0.15, 0.2) is 0 Å². The monoisotopic (exact) mass is 368 g/mol. The van der Waals surface area contributed by atoms with Crippen LogP contribution in [-0.4, -0.2) is 36.5 Å². The summed E-state index contributed by atoms with van der Waals surface area (Å²) >= 11 is 3.37. The minimum Gasteiger partial charge on any atom is -0.494 e. The first-order chi connectivity index (χ1) is 10.3. The predicted octanol–water partition coefficient (Wildman–Crippen LogP) is 2.96. The third kappa shape index (κ3) is 3.55. The van der Waals surface area contributed by atoms with E-state index >= 15 is 0 Å². The molecule has 4 nitrogen and oxygen atoms in total. The molecule has 1 aromatic carbocycles. The van der Waals surface area contributed by atoms with E-state index in [0.29, 0.717) is 17.6 Å². The van der Waals surface area contributed by atoms with Crippen LogP contribution in [0.5, 0.6) is 5.75 Å². The molecule has 0 aromatic heterocycles. The summed E-state index contributed by atoms with van der Waals surface area (Å²) in [5.74, 6) is 0.719. The molecular weight excluding hydrogens is 347 g/mol. The minimum atomic E-state index is -0.565. The van der Waals surface area contributed by atoms with Gasteiger partial charge in [0.05, 0.1) is 17.8 Å². The van der Waals surface area contributed by atoms with Crippen molar-refractivity contribution in [2.45, 2.75) is 45.3 Å². The number of rotatable bonds is 6. The van der Waals surface area contributed by atoms with Crippen LogP contribution < -0.4 is 10.2 Å². The van der Waals surface area contributed by atoms with Crippen molar-refractivity contribution in [2.75, 3.05) is 11.9 Å². The Morgan fingerprint density at radius 2 is 1.86 bits per heavy atom. The molecule has 0 amide bonds. The highest BCUT2D eigenvalue weighted by atomic mass is 79.9. The summed E-state index contributed by atoms with van der Waals surface area (Å²) in [6.07, 6.45) is 1.74. The van der Waals surface area contributed by atoms with Gasteiger partial charge in [-0.2, -0.15) is 0 Å². The summed E-state index contributed by atoms with van der Waals surface area (Å²) in [6, 6.07) is 5.38. The number of carbonyl (C=O) groups excluding carboxylic acids is 1. The van der Waals surface area contributed by atoms with Gasteiger partial charge in [-0.1, -0.05) is 15.9 Å². The molecule has 1 aliphatic rings. The van der Waals surface area contributed by atoms with E-state index in [9.17, 15) is 4.79 Å². The van der Waals surface area contributed by atoms with E-state index in [1.165, 1.54) is 0 Å². The van der Waals surface area contributed by atoms with E-state index in [1.807, 2.05) is 33.8 Å². The van der Waals surface area contributed by atoms with Crippen molar-refractivity contribution in [3.8, 4) is 5.75 Å². The van der Waals surface area contributed by atoms with Crippen molar-refractivity contribution in [1.82, 2.24) is 0 Å². The zero-order valence-electron chi connectivity index (χ0n) is 13.5. The molecular formula is C16H22BBrO4. The Kier molecular flexibility index (Phi) is 5.35. The Labute approximate surface area is 140 Å². The van der Waals surface area contributed by atoms with Crippen LogP contribution in [-0.2, 0) is 9.31 Å². The molecule has 6 heteroatoms. The van der Waals surface area contributed by atoms with Gasteiger partial charge < -0.3 is 14.0 Å². The van der Waals surface area contributed by atoms with Crippen LogP contribution in [0.25, 0.3) is 0 Å². The lowest BCUT2D eigenvalue weighted by Crippen LogP contribution is -2.41. The molecule has 0 atom stereocenters. The third-order valence-electron chi connectivity index (χ3n) is 4.24. The lowest BCUT2D eigenvalue weighted by molar-refractivity contribution is 0.00578. The number of carbonyl (C=O) groups is 1. The molecule has 1 saturated heterocycles. The van der Waals surface area contributed by atoms with E-state index in [4.69, 9.17) is 14.0 Å². The van der Waals surface area contributed by atoms with E-state index in [-0.39, 0.29) is 0 Å². The lowest BCUT2D eigenvalue weighted by atomic mass is 9.76. The van der Waals surface area contributed by atoms with Crippen LogP contribution in [0.15, 0.2) is 18.2 Å². The largest absolute Gasteiger partial charge is 0.495 e. The van der Waals surface area contributed by atoms with Gasteiger partial charge in [0.2, 0.25) is 0 Å². The zero-order chi connectivity index (χ0) is 16.4. The Morgan fingerprint density at radius 1 is 1.23 bits per heavy atom. The molecule has 0 N–H and O–H groups in total. The fourth-order valence-electron chi connectivity index (χ4n) is 2.17. The second-order valence-corrected chi connectivity index (χ2v) is 7.18. The molecule has 0 aliphatic carbocycles. The molecule has 0 saturated carbocycles. The highest BCUT2D eigenvalue weighted by Crippen LogP contribution is 2.36. The molecule has 22 heavy (non-hydrogen) atoms. The second-order valence-electron chi connectivity index (χ2n) is 6.39. The maximum atomic E-state index is 11.3. The van der Waals surface area contributed by atoms with Gasteiger partial charge in [-0.3, -0.25) is 4.79 Å². The molecule has 1 heterocycles. The van der Waals surface area contributed by atoms with Crippen LogP contribution in [0.1, 0.15) is 44.5 Å². The number of benzene rings is 1. The Hall–Kier alpha value is -0.845. The molecule has 120 valence electrons. The van der Waals surface area contributed by atoms with E-state index < -0.39 is 18.3 Å². The summed E-state index contributed by atoms with van der Waals surface area (Å²) < 4.78 is 17.8.